The molecule has 0 aromatic heterocycles. The van der Waals surface area contributed by atoms with E-state index in [-0.39, 0.29) is 5.75 Å². The zero-order valence-corrected chi connectivity index (χ0v) is 11.1. The molecule has 0 radical (unpaired) electrons. The van der Waals surface area contributed by atoms with Crippen LogP contribution in [0.2, 0.25) is 0 Å². The van der Waals surface area contributed by atoms with Crippen molar-refractivity contribution < 1.29 is 18.9 Å². The van der Waals surface area contributed by atoms with Crippen LogP contribution in [0.1, 0.15) is 37.8 Å². The average molecular weight is 258 g/mol. The summed E-state index contributed by atoms with van der Waals surface area (Å²) in [7, 11) is -4.47. The number of benzene rings is 1. The molecule has 0 heterocycles. The second-order valence-corrected chi connectivity index (χ2v) is 5.23. The molecule has 0 atom stereocenters. The van der Waals surface area contributed by atoms with Gasteiger partial charge in [-0.1, -0.05) is 32.8 Å². The summed E-state index contributed by atoms with van der Waals surface area (Å²) in [4.78, 5) is 17.6. The number of hydrogen-bond acceptors (Lipinski definition) is 2. The van der Waals surface area contributed by atoms with E-state index in [4.69, 9.17) is 9.79 Å². The Balaban J connectivity index is 2.98. The predicted molar refractivity (Wildman–Crippen MR) is 67.1 cm³/mol. The monoisotopic (exact) mass is 258 g/mol. The van der Waals surface area contributed by atoms with Gasteiger partial charge in [-0.2, -0.15) is 0 Å². The molecule has 1 aromatic carbocycles. The van der Waals surface area contributed by atoms with E-state index in [1.165, 1.54) is 0 Å². The molecule has 0 spiro atoms. The van der Waals surface area contributed by atoms with Crippen molar-refractivity contribution in [2.75, 3.05) is 0 Å². The minimum atomic E-state index is -4.47. The summed E-state index contributed by atoms with van der Waals surface area (Å²) in [5.74, 6) is 0.257. The number of hydrogen-bond donors (Lipinski definition) is 2. The highest BCUT2D eigenvalue weighted by Crippen LogP contribution is 2.38. The third-order valence-corrected chi connectivity index (χ3v) is 2.78. The van der Waals surface area contributed by atoms with Crippen LogP contribution in [-0.4, -0.2) is 9.79 Å². The Morgan fingerprint density at radius 1 is 1.06 bits per heavy atom. The molecule has 0 aliphatic carbocycles. The lowest BCUT2D eigenvalue weighted by atomic mass is 10.0. The fourth-order valence-electron chi connectivity index (χ4n) is 1.78. The van der Waals surface area contributed by atoms with E-state index in [0.29, 0.717) is 0 Å². The molecular formula is C12H19O4P. The molecule has 0 unspecified atom stereocenters. The Morgan fingerprint density at radius 3 is 1.88 bits per heavy atom. The lowest BCUT2D eigenvalue weighted by Crippen LogP contribution is -1.95. The van der Waals surface area contributed by atoms with Crippen LogP contribution in [0.15, 0.2) is 18.2 Å². The molecule has 17 heavy (non-hydrogen) atoms. The summed E-state index contributed by atoms with van der Waals surface area (Å²) in [6, 6.07) is 5.46. The first kappa shape index (κ1) is 14.2. The highest BCUT2D eigenvalue weighted by Gasteiger charge is 2.16. The second kappa shape index (κ2) is 6.20. The van der Waals surface area contributed by atoms with Gasteiger partial charge in [-0.05, 0) is 36.1 Å². The van der Waals surface area contributed by atoms with Crippen LogP contribution in [0.25, 0.3) is 0 Å². The van der Waals surface area contributed by atoms with Crippen molar-refractivity contribution in [3.8, 4) is 5.75 Å². The van der Waals surface area contributed by atoms with Crippen molar-refractivity contribution >= 4 is 7.82 Å². The first-order valence-corrected chi connectivity index (χ1v) is 7.35. The van der Waals surface area contributed by atoms with Gasteiger partial charge < -0.3 is 4.52 Å². The first-order chi connectivity index (χ1) is 7.94. The molecule has 1 rings (SSSR count). The summed E-state index contributed by atoms with van der Waals surface area (Å²) >= 11 is 0. The van der Waals surface area contributed by atoms with Crippen molar-refractivity contribution in [2.24, 2.45) is 0 Å². The van der Waals surface area contributed by atoms with Crippen molar-refractivity contribution in [2.45, 2.75) is 39.5 Å². The van der Waals surface area contributed by atoms with Crippen molar-refractivity contribution in [3.05, 3.63) is 29.3 Å². The van der Waals surface area contributed by atoms with Gasteiger partial charge in [0, 0.05) is 0 Å². The molecule has 0 aliphatic rings. The Kier molecular flexibility index (Phi) is 5.19. The summed E-state index contributed by atoms with van der Waals surface area (Å²) in [6.45, 7) is 4.13. The normalized spacial score (nSPS) is 11.5. The SMILES string of the molecule is CCCc1cc(CCC)cc(OP(=O)(O)O)c1. The molecule has 0 fully saturated rings. The van der Waals surface area contributed by atoms with E-state index in [9.17, 15) is 4.57 Å². The van der Waals surface area contributed by atoms with Crippen LogP contribution in [0.3, 0.4) is 0 Å². The Hall–Kier alpha value is -0.830. The van der Waals surface area contributed by atoms with E-state index in [0.717, 1.165) is 36.8 Å². The molecule has 0 saturated carbocycles. The zero-order valence-electron chi connectivity index (χ0n) is 10.2. The molecule has 1 aromatic rings. The zero-order chi connectivity index (χ0) is 12.9. The largest absolute Gasteiger partial charge is 0.524 e. The number of phosphoric ester groups is 1. The first-order valence-electron chi connectivity index (χ1n) is 5.82. The summed E-state index contributed by atoms with van der Waals surface area (Å²) in [5, 5.41) is 0. The number of aryl methyl sites for hydroxylation is 2. The minimum absolute atomic E-state index is 0.257. The highest BCUT2D eigenvalue weighted by atomic mass is 31.2. The van der Waals surface area contributed by atoms with Crippen LogP contribution in [0.4, 0.5) is 0 Å². The quantitative estimate of drug-likeness (QED) is 0.769. The van der Waals surface area contributed by atoms with Crippen molar-refractivity contribution in [1.82, 2.24) is 0 Å². The third-order valence-electron chi connectivity index (χ3n) is 2.33. The topological polar surface area (TPSA) is 66.8 Å². The molecule has 0 saturated heterocycles. The van der Waals surface area contributed by atoms with E-state index in [2.05, 4.69) is 24.4 Å². The van der Waals surface area contributed by atoms with E-state index in [1.54, 1.807) is 12.1 Å². The molecule has 2 N–H and O–H groups in total. The van der Waals surface area contributed by atoms with Crippen molar-refractivity contribution in [3.63, 3.8) is 0 Å². The van der Waals surface area contributed by atoms with Crippen LogP contribution in [0.5, 0.6) is 5.75 Å². The van der Waals surface area contributed by atoms with Gasteiger partial charge >= 0.3 is 7.82 Å². The summed E-state index contributed by atoms with van der Waals surface area (Å²) in [5.41, 5.74) is 2.11. The molecule has 4 nitrogen and oxygen atoms in total. The Morgan fingerprint density at radius 2 is 1.53 bits per heavy atom. The second-order valence-electron chi connectivity index (χ2n) is 4.07. The molecule has 5 heteroatoms. The van der Waals surface area contributed by atoms with Gasteiger partial charge in [0.1, 0.15) is 5.75 Å². The van der Waals surface area contributed by atoms with Gasteiger partial charge in [0.25, 0.3) is 0 Å². The molecule has 0 aliphatic heterocycles. The van der Waals surface area contributed by atoms with E-state index >= 15 is 0 Å². The van der Waals surface area contributed by atoms with Gasteiger partial charge in [0.05, 0.1) is 0 Å². The van der Waals surface area contributed by atoms with Crippen LogP contribution in [0, 0.1) is 0 Å². The minimum Gasteiger partial charge on any atom is -0.404 e. The molecular weight excluding hydrogens is 239 g/mol. The number of phosphoric acid groups is 1. The summed E-state index contributed by atoms with van der Waals surface area (Å²) < 4.78 is 15.5. The maximum Gasteiger partial charge on any atom is 0.524 e. The number of rotatable bonds is 6. The van der Waals surface area contributed by atoms with Gasteiger partial charge in [0.2, 0.25) is 0 Å². The molecule has 96 valence electrons. The standard InChI is InChI=1S/C12H19O4P/c1-3-5-10-7-11(6-4-2)9-12(8-10)16-17(13,14)15/h7-9H,3-6H2,1-2H3,(H2,13,14,15). The third kappa shape index (κ3) is 5.35. The maximum atomic E-state index is 10.8. The maximum absolute atomic E-state index is 10.8. The van der Waals surface area contributed by atoms with Crippen LogP contribution in [-0.2, 0) is 17.4 Å². The molecule has 0 bridgehead atoms. The van der Waals surface area contributed by atoms with E-state index < -0.39 is 7.82 Å². The Labute approximate surface area is 102 Å². The fourth-order valence-corrected chi connectivity index (χ4v) is 2.16. The van der Waals surface area contributed by atoms with Crippen LogP contribution >= 0.6 is 7.82 Å². The summed E-state index contributed by atoms with van der Waals surface area (Å²) in [6.07, 6.45) is 3.75. The smallest absolute Gasteiger partial charge is 0.404 e. The fraction of sp³-hybridized carbons (Fsp3) is 0.500. The van der Waals surface area contributed by atoms with Gasteiger partial charge in [-0.15, -0.1) is 0 Å². The predicted octanol–water partition coefficient (Wildman–Crippen LogP) is 3.06. The van der Waals surface area contributed by atoms with Crippen LogP contribution < -0.4 is 4.52 Å². The lowest BCUT2D eigenvalue weighted by molar-refractivity contribution is 0.283. The van der Waals surface area contributed by atoms with Gasteiger partial charge in [-0.3, -0.25) is 9.79 Å². The lowest BCUT2D eigenvalue weighted by Gasteiger charge is -2.11. The van der Waals surface area contributed by atoms with Gasteiger partial charge in [0.15, 0.2) is 0 Å². The highest BCUT2D eigenvalue weighted by molar-refractivity contribution is 7.46. The van der Waals surface area contributed by atoms with Gasteiger partial charge in [-0.25, -0.2) is 4.57 Å². The Bertz CT molecular complexity index is 387. The average Bonchev–Trinajstić information content (AvgIpc) is 2.15. The van der Waals surface area contributed by atoms with Crippen molar-refractivity contribution in [1.29, 1.82) is 0 Å². The van der Waals surface area contributed by atoms with E-state index in [1.807, 2.05) is 0 Å². The molecule has 0 amide bonds.